The van der Waals surface area contributed by atoms with Gasteiger partial charge in [0, 0.05) is 19.4 Å². The molecule has 2 aliphatic rings. The molecule has 2 atom stereocenters. The van der Waals surface area contributed by atoms with E-state index in [1.165, 1.54) is 4.90 Å². The zero-order chi connectivity index (χ0) is 18.1. The fraction of sp³-hybridized carbons (Fsp3) is 0.579. The Bertz CT molecular complexity index is 639. The average Bonchev–Trinajstić information content (AvgIpc) is 2.83. The van der Waals surface area contributed by atoms with Crippen LogP contribution in [0, 0.1) is 0 Å². The number of hydrogen-bond acceptors (Lipinski definition) is 5. The van der Waals surface area contributed by atoms with Crippen molar-refractivity contribution in [3.05, 3.63) is 35.9 Å². The molecular weight excluding hydrogens is 322 g/mol. The summed E-state index contributed by atoms with van der Waals surface area (Å²) in [6.07, 6.45) is 0.249. The van der Waals surface area contributed by atoms with Crippen molar-refractivity contribution < 1.29 is 23.8 Å². The number of likely N-dealkylation sites (tertiary alicyclic amines) is 1. The van der Waals surface area contributed by atoms with E-state index in [1.54, 1.807) is 0 Å². The lowest BCUT2D eigenvalue weighted by Crippen LogP contribution is -2.55. The number of esters is 1. The number of amides is 1. The summed E-state index contributed by atoms with van der Waals surface area (Å²) >= 11 is 0. The zero-order valence-corrected chi connectivity index (χ0v) is 15.0. The minimum Gasteiger partial charge on any atom is -0.459 e. The van der Waals surface area contributed by atoms with Gasteiger partial charge in [-0.25, -0.2) is 9.59 Å². The standard InChI is InChI=1S/C19H25NO5/c1-18(2,3)25-17(22)20-12-15-11-19(20,9-10-23-15)16(21)24-13-14-7-5-4-6-8-14/h4-8,15H,9-13H2,1-3H3/t15-,19+/m1/s1. The molecule has 0 aliphatic carbocycles. The lowest BCUT2D eigenvalue weighted by atomic mass is 9.90. The van der Waals surface area contributed by atoms with E-state index in [0.29, 0.717) is 26.0 Å². The number of rotatable bonds is 3. The monoisotopic (exact) mass is 347 g/mol. The number of benzene rings is 1. The SMILES string of the molecule is CC(C)(C)OC(=O)N1C[C@H]2C[C@]1(C(=O)OCc1ccccc1)CCO2. The first-order chi connectivity index (χ1) is 11.8. The van der Waals surface area contributed by atoms with Gasteiger partial charge < -0.3 is 14.2 Å². The largest absolute Gasteiger partial charge is 0.459 e. The van der Waals surface area contributed by atoms with Gasteiger partial charge in [-0.1, -0.05) is 30.3 Å². The van der Waals surface area contributed by atoms with Crippen LogP contribution < -0.4 is 0 Å². The van der Waals surface area contributed by atoms with Gasteiger partial charge in [-0.05, 0) is 26.3 Å². The second kappa shape index (κ2) is 6.67. The number of fused-ring (bicyclic) bond motifs is 2. The molecule has 2 bridgehead atoms. The van der Waals surface area contributed by atoms with Crippen LogP contribution in [0.3, 0.4) is 0 Å². The van der Waals surface area contributed by atoms with Crippen molar-refractivity contribution in [3.8, 4) is 0 Å². The Labute approximate surface area is 148 Å². The molecular formula is C19H25NO5. The molecule has 1 aromatic carbocycles. The van der Waals surface area contributed by atoms with Crippen LogP contribution in [0.1, 0.15) is 39.2 Å². The van der Waals surface area contributed by atoms with Crippen molar-refractivity contribution in [2.24, 2.45) is 0 Å². The number of nitrogens with zero attached hydrogens (tertiary/aromatic N) is 1. The van der Waals surface area contributed by atoms with E-state index in [9.17, 15) is 9.59 Å². The molecule has 0 N–H and O–H groups in total. The van der Waals surface area contributed by atoms with Crippen LogP contribution in [0.4, 0.5) is 4.79 Å². The van der Waals surface area contributed by atoms with Crippen molar-refractivity contribution in [2.75, 3.05) is 13.2 Å². The van der Waals surface area contributed by atoms with Crippen LogP contribution in [-0.4, -0.2) is 47.4 Å². The highest BCUT2D eigenvalue weighted by molar-refractivity contribution is 5.87. The van der Waals surface area contributed by atoms with E-state index in [1.807, 2.05) is 51.1 Å². The first kappa shape index (κ1) is 17.7. The molecule has 0 radical (unpaired) electrons. The van der Waals surface area contributed by atoms with Crippen LogP contribution in [0.25, 0.3) is 0 Å². The molecule has 2 saturated heterocycles. The van der Waals surface area contributed by atoms with Crippen LogP contribution in [0.2, 0.25) is 0 Å². The molecule has 2 aliphatic heterocycles. The Morgan fingerprint density at radius 3 is 2.68 bits per heavy atom. The third kappa shape index (κ3) is 3.79. The van der Waals surface area contributed by atoms with Crippen molar-refractivity contribution >= 4 is 12.1 Å². The average molecular weight is 347 g/mol. The van der Waals surface area contributed by atoms with E-state index < -0.39 is 17.2 Å². The minimum atomic E-state index is -0.986. The van der Waals surface area contributed by atoms with Crippen LogP contribution >= 0.6 is 0 Å². The molecule has 2 heterocycles. The summed E-state index contributed by atoms with van der Waals surface area (Å²) in [5.74, 6) is -0.381. The number of carbonyl (C=O) groups excluding carboxylic acids is 2. The highest BCUT2D eigenvalue weighted by Gasteiger charge is 2.57. The predicted octanol–water partition coefficient (Wildman–Crippen LogP) is 2.90. The fourth-order valence-electron chi connectivity index (χ4n) is 3.39. The van der Waals surface area contributed by atoms with E-state index in [2.05, 4.69) is 0 Å². The minimum absolute atomic E-state index is 0.148. The molecule has 6 heteroatoms. The Hall–Kier alpha value is -2.08. The van der Waals surface area contributed by atoms with Gasteiger partial charge in [0.15, 0.2) is 0 Å². The molecule has 1 amide bonds. The smallest absolute Gasteiger partial charge is 0.411 e. The second-order valence-corrected chi connectivity index (χ2v) is 7.63. The van der Waals surface area contributed by atoms with Crippen molar-refractivity contribution in [1.82, 2.24) is 4.90 Å². The van der Waals surface area contributed by atoms with Gasteiger partial charge in [0.2, 0.25) is 0 Å². The molecule has 25 heavy (non-hydrogen) atoms. The normalized spacial score (nSPS) is 25.6. The fourth-order valence-corrected chi connectivity index (χ4v) is 3.39. The molecule has 2 fully saturated rings. The second-order valence-electron chi connectivity index (χ2n) is 7.63. The summed E-state index contributed by atoms with van der Waals surface area (Å²) in [7, 11) is 0. The van der Waals surface area contributed by atoms with E-state index >= 15 is 0 Å². The van der Waals surface area contributed by atoms with Gasteiger partial charge >= 0.3 is 12.1 Å². The topological polar surface area (TPSA) is 65.1 Å². The predicted molar refractivity (Wildman–Crippen MR) is 90.9 cm³/mol. The zero-order valence-electron chi connectivity index (χ0n) is 15.0. The summed E-state index contributed by atoms with van der Waals surface area (Å²) in [6.45, 7) is 6.41. The maximum Gasteiger partial charge on any atom is 0.411 e. The molecule has 1 aromatic rings. The van der Waals surface area contributed by atoms with E-state index in [0.717, 1.165) is 5.56 Å². The molecule has 3 rings (SSSR count). The van der Waals surface area contributed by atoms with Gasteiger partial charge in [-0.3, -0.25) is 4.90 Å². The van der Waals surface area contributed by atoms with Crippen molar-refractivity contribution in [3.63, 3.8) is 0 Å². The Morgan fingerprint density at radius 2 is 2.00 bits per heavy atom. The van der Waals surface area contributed by atoms with Crippen LogP contribution in [-0.2, 0) is 25.6 Å². The van der Waals surface area contributed by atoms with E-state index in [4.69, 9.17) is 14.2 Å². The lowest BCUT2D eigenvalue weighted by Gasteiger charge is -2.37. The van der Waals surface area contributed by atoms with Gasteiger partial charge in [0.1, 0.15) is 17.7 Å². The van der Waals surface area contributed by atoms with E-state index in [-0.39, 0.29) is 18.7 Å². The Morgan fingerprint density at radius 1 is 1.28 bits per heavy atom. The molecule has 0 saturated carbocycles. The lowest BCUT2D eigenvalue weighted by molar-refractivity contribution is -0.160. The quantitative estimate of drug-likeness (QED) is 0.787. The molecule has 6 nitrogen and oxygen atoms in total. The van der Waals surface area contributed by atoms with Gasteiger partial charge in [0.05, 0.1) is 12.6 Å². The third-order valence-electron chi connectivity index (χ3n) is 4.54. The Kier molecular flexibility index (Phi) is 4.73. The van der Waals surface area contributed by atoms with Crippen LogP contribution in [0.15, 0.2) is 30.3 Å². The molecule has 0 spiro atoms. The van der Waals surface area contributed by atoms with Gasteiger partial charge in [0.25, 0.3) is 0 Å². The first-order valence-electron chi connectivity index (χ1n) is 8.63. The van der Waals surface area contributed by atoms with Crippen molar-refractivity contribution in [1.29, 1.82) is 0 Å². The highest BCUT2D eigenvalue weighted by atomic mass is 16.6. The maximum atomic E-state index is 12.9. The molecule has 0 unspecified atom stereocenters. The Balaban J connectivity index is 1.75. The van der Waals surface area contributed by atoms with Crippen molar-refractivity contribution in [2.45, 2.75) is 57.5 Å². The summed E-state index contributed by atoms with van der Waals surface area (Å²) in [4.78, 5) is 27.0. The summed E-state index contributed by atoms with van der Waals surface area (Å²) in [5.41, 5.74) is -0.693. The third-order valence-corrected chi connectivity index (χ3v) is 4.54. The summed E-state index contributed by atoms with van der Waals surface area (Å²) in [6, 6.07) is 9.51. The summed E-state index contributed by atoms with van der Waals surface area (Å²) < 4.78 is 16.7. The van der Waals surface area contributed by atoms with Gasteiger partial charge in [-0.15, -0.1) is 0 Å². The summed E-state index contributed by atoms with van der Waals surface area (Å²) in [5, 5.41) is 0. The van der Waals surface area contributed by atoms with Crippen LogP contribution in [0.5, 0.6) is 0 Å². The first-order valence-corrected chi connectivity index (χ1v) is 8.63. The maximum absolute atomic E-state index is 12.9. The number of ether oxygens (including phenoxy) is 3. The molecule has 136 valence electrons. The highest BCUT2D eigenvalue weighted by Crippen LogP contribution is 2.40. The number of hydrogen-bond donors (Lipinski definition) is 0. The number of carbonyl (C=O) groups is 2. The molecule has 0 aromatic heterocycles. The van der Waals surface area contributed by atoms with Gasteiger partial charge in [-0.2, -0.15) is 0 Å².